The average molecular weight is 296 g/mol. The van der Waals surface area contributed by atoms with E-state index in [4.69, 9.17) is 4.74 Å². The van der Waals surface area contributed by atoms with Gasteiger partial charge in [0, 0.05) is 25.2 Å². The molecule has 2 fully saturated rings. The minimum atomic E-state index is -0.407. The molecule has 1 saturated carbocycles. The molecular formula is C17H32N2O2. The number of nitrogens with zero attached hydrogens (tertiary/aromatic N) is 1. The first-order valence-electron chi connectivity index (χ1n) is 8.68. The van der Waals surface area contributed by atoms with Crippen molar-refractivity contribution in [3.8, 4) is 0 Å². The quantitative estimate of drug-likeness (QED) is 0.845. The summed E-state index contributed by atoms with van der Waals surface area (Å²) in [5, 5.41) is 3.80. The van der Waals surface area contributed by atoms with E-state index in [-0.39, 0.29) is 6.09 Å². The SMILES string of the molecule is CC(C)(C)OC(=O)N1CCCCC(NC2CCCCC2)C1. The maximum atomic E-state index is 12.3. The molecule has 0 spiro atoms. The van der Waals surface area contributed by atoms with Gasteiger partial charge >= 0.3 is 6.09 Å². The summed E-state index contributed by atoms with van der Waals surface area (Å²) in [5.41, 5.74) is -0.407. The summed E-state index contributed by atoms with van der Waals surface area (Å²) in [5.74, 6) is 0. The maximum absolute atomic E-state index is 12.3. The lowest BCUT2D eigenvalue weighted by Crippen LogP contribution is -2.47. The van der Waals surface area contributed by atoms with Crippen molar-refractivity contribution in [2.24, 2.45) is 0 Å². The molecule has 1 unspecified atom stereocenters. The summed E-state index contributed by atoms with van der Waals surface area (Å²) < 4.78 is 5.53. The van der Waals surface area contributed by atoms with Gasteiger partial charge in [-0.1, -0.05) is 25.7 Å². The van der Waals surface area contributed by atoms with Gasteiger partial charge in [0.2, 0.25) is 0 Å². The molecule has 1 saturated heterocycles. The number of hydrogen-bond donors (Lipinski definition) is 1. The molecule has 2 aliphatic rings. The zero-order chi connectivity index (χ0) is 15.3. The Bertz CT molecular complexity index is 332. The first-order valence-corrected chi connectivity index (χ1v) is 8.68. The van der Waals surface area contributed by atoms with Crippen LogP contribution in [-0.2, 0) is 4.74 Å². The van der Waals surface area contributed by atoms with E-state index in [1.54, 1.807) is 0 Å². The van der Waals surface area contributed by atoms with E-state index in [1.165, 1.54) is 44.9 Å². The van der Waals surface area contributed by atoms with Crippen molar-refractivity contribution < 1.29 is 9.53 Å². The lowest BCUT2D eigenvalue weighted by atomic mass is 9.94. The Morgan fingerprint density at radius 3 is 2.29 bits per heavy atom. The summed E-state index contributed by atoms with van der Waals surface area (Å²) in [7, 11) is 0. The second-order valence-electron chi connectivity index (χ2n) is 7.62. The number of ether oxygens (including phenoxy) is 1. The van der Waals surface area contributed by atoms with Crippen LogP contribution in [0.1, 0.15) is 72.1 Å². The first kappa shape index (κ1) is 16.6. The molecule has 1 aliphatic heterocycles. The molecule has 1 N–H and O–H groups in total. The van der Waals surface area contributed by atoms with Gasteiger partial charge in [-0.2, -0.15) is 0 Å². The molecule has 1 aliphatic carbocycles. The Hall–Kier alpha value is -0.770. The molecule has 0 aromatic heterocycles. The first-order chi connectivity index (χ1) is 9.94. The number of likely N-dealkylation sites (tertiary alicyclic amines) is 1. The number of hydrogen-bond acceptors (Lipinski definition) is 3. The number of rotatable bonds is 2. The highest BCUT2D eigenvalue weighted by Gasteiger charge is 2.27. The molecule has 4 heteroatoms. The topological polar surface area (TPSA) is 41.6 Å². The number of amides is 1. The largest absolute Gasteiger partial charge is 0.444 e. The van der Waals surface area contributed by atoms with Gasteiger partial charge in [0.05, 0.1) is 0 Å². The zero-order valence-corrected chi connectivity index (χ0v) is 14.0. The van der Waals surface area contributed by atoms with Gasteiger partial charge in [0.1, 0.15) is 5.60 Å². The standard InChI is InChI=1S/C17H32N2O2/c1-17(2,3)21-16(20)19-12-8-7-11-15(13-19)18-14-9-5-4-6-10-14/h14-15,18H,4-13H2,1-3H3. The van der Waals surface area contributed by atoms with Crippen LogP contribution in [0.5, 0.6) is 0 Å². The predicted molar refractivity (Wildman–Crippen MR) is 85.5 cm³/mol. The lowest BCUT2D eigenvalue weighted by molar-refractivity contribution is 0.0241. The van der Waals surface area contributed by atoms with Crippen molar-refractivity contribution in [1.82, 2.24) is 10.2 Å². The fraction of sp³-hybridized carbons (Fsp3) is 0.941. The Morgan fingerprint density at radius 2 is 1.62 bits per heavy atom. The highest BCUT2D eigenvalue weighted by atomic mass is 16.6. The van der Waals surface area contributed by atoms with Crippen LogP contribution < -0.4 is 5.32 Å². The maximum Gasteiger partial charge on any atom is 0.410 e. The fourth-order valence-electron chi connectivity index (χ4n) is 3.37. The van der Waals surface area contributed by atoms with Crippen molar-refractivity contribution in [1.29, 1.82) is 0 Å². The summed E-state index contributed by atoms with van der Waals surface area (Å²) in [6, 6.07) is 1.09. The van der Waals surface area contributed by atoms with E-state index < -0.39 is 5.60 Å². The average Bonchev–Trinajstić information content (AvgIpc) is 2.64. The Labute approximate surface area is 129 Å². The molecular weight excluding hydrogens is 264 g/mol. The van der Waals surface area contributed by atoms with Crippen LogP contribution >= 0.6 is 0 Å². The van der Waals surface area contributed by atoms with Crippen molar-refractivity contribution in [3.05, 3.63) is 0 Å². The van der Waals surface area contributed by atoms with Gasteiger partial charge < -0.3 is 15.0 Å². The normalized spacial score (nSPS) is 25.5. The summed E-state index contributed by atoms with van der Waals surface area (Å²) in [6.45, 7) is 7.42. The number of carbonyl (C=O) groups excluding carboxylic acids is 1. The molecule has 1 amide bonds. The molecule has 4 nitrogen and oxygen atoms in total. The van der Waals surface area contributed by atoms with Crippen LogP contribution in [0, 0.1) is 0 Å². The molecule has 0 radical (unpaired) electrons. The van der Waals surface area contributed by atoms with E-state index in [2.05, 4.69) is 5.32 Å². The van der Waals surface area contributed by atoms with Crippen LogP contribution in [0.15, 0.2) is 0 Å². The minimum Gasteiger partial charge on any atom is -0.444 e. The molecule has 1 heterocycles. The third-order valence-corrected chi connectivity index (χ3v) is 4.40. The molecule has 122 valence electrons. The molecule has 0 bridgehead atoms. The van der Waals surface area contributed by atoms with Crippen molar-refractivity contribution >= 4 is 6.09 Å². The van der Waals surface area contributed by atoms with Crippen molar-refractivity contribution in [2.75, 3.05) is 13.1 Å². The zero-order valence-electron chi connectivity index (χ0n) is 14.0. The van der Waals surface area contributed by atoms with Gasteiger partial charge in [0.25, 0.3) is 0 Å². The number of carbonyl (C=O) groups is 1. The van der Waals surface area contributed by atoms with Crippen LogP contribution in [0.2, 0.25) is 0 Å². The fourth-order valence-corrected chi connectivity index (χ4v) is 3.37. The van der Waals surface area contributed by atoms with E-state index in [0.29, 0.717) is 12.1 Å². The second kappa shape index (κ2) is 7.48. The van der Waals surface area contributed by atoms with Gasteiger partial charge in [-0.3, -0.25) is 0 Å². The summed E-state index contributed by atoms with van der Waals surface area (Å²) >= 11 is 0. The Balaban J connectivity index is 1.86. The highest BCUT2D eigenvalue weighted by molar-refractivity contribution is 5.68. The monoisotopic (exact) mass is 296 g/mol. The van der Waals surface area contributed by atoms with Crippen LogP contribution in [0.25, 0.3) is 0 Å². The van der Waals surface area contributed by atoms with Crippen molar-refractivity contribution in [3.63, 3.8) is 0 Å². The molecule has 0 aromatic carbocycles. The van der Waals surface area contributed by atoms with Crippen LogP contribution in [0.4, 0.5) is 4.79 Å². The lowest BCUT2D eigenvalue weighted by Gasteiger charge is -2.31. The van der Waals surface area contributed by atoms with E-state index in [0.717, 1.165) is 19.5 Å². The van der Waals surface area contributed by atoms with Gasteiger partial charge in [0.15, 0.2) is 0 Å². The molecule has 0 aromatic rings. The highest BCUT2D eigenvalue weighted by Crippen LogP contribution is 2.20. The van der Waals surface area contributed by atoms with Crippen LogP contribution in [-0.4, -0.2) is 41.8 Å². The summed E-state index contributed by atoms with van der Waals surface area (Å²) in [6.07, 6.45) is 9.97. The smallest absolute Gasteiger partial charge is 0.410 e. The van der Waals surface area contributed by atoms with E-state index in [9.17, 15) is 4.79 Å². The minimum absolute atomic E-state index is 0.153. The van der Waals surface area contributed by atoms with Gasteiger partial charge in [-0.05, 0) is 46.5 Å². The Morgan fingerprint density at radius 1 is 1.00 bits per heavy atom. The third kappa shape index (κ3) is 5.85. The van der Waals surface area contributed by atoms with Crippen LogP contribution in [0.3, 0.4) is 0 Å². The van der Waals surface area contributed by atoms with E-state index in [1.807, 2.05) is 25.7 Å². The number of nitrogens with one attached hydrogen (secondary N) is 1. The van der Waals surface area contributed by atoms with Crippen molar-refractivity contribution in [2.45, 2.75) is 89.8 Å². The third-order valence-electron chi connectivity index (χ3n) is 4.40. The predicted octanol–water partition coefficient (Wildman–Crippen LogP) is 3.70. The molecule has 21 heavy (non-hydrogen) atoms. The Kier molecular flexibility index (Phi) is 5.91. The molecule has 1 atom stereocenters. The van der Waals surface area contributed by atoms with Gasteiger partial charge in [-0.25, -0.2) is 4.79 Å². The van der Waals surface area contributed by atoms with E-state index >= 15 is 0 Å². The molecule has 2 rings (SSSR count). The van der Waals surface area contributed by atoms with Gasteiger partial charge in [-0.15, -0.1) is 0 Å². The summed E-state index contributed by atoms with van der Waals surface area (Å²) in [4.78, 5) is 14.2. The second-order valence-corrected chi connectivity index (χ2v) is 7.62.